The minimum atomic E-state index is -0.707. The topological polar surface area (TPSA) is 51.8 Å². The number of ether oxygens (including phenoxy) is 2. The van der Waals surface area contributed by atoms with Gasteiger partial charge in [-0.2, -0.15) is 0 Å². The van der Waals surface area contributed by atoms with Gasteiger partial charge >= 0.3 is 0 Å². The quantitative estimate of drug-likeness (QED) is 0.884. The monoisotopic (exact) mass is 246 g/mol. The van der Waals surface area contributed by atoms with Crippen LogP contribution in [0.25, 0.3) is 0 Å². The van der Waals surface area contributed by atoms with Crippen LogP contribution in [0.1, 0.15) is 23.7 Å². The summed E-state index contributed by atoms with van der Waals surface area (Å²) in [5, 5.41) is 10.2. The van der Waals surface area contributed by atoms with E-state index in [1.807, 2.05) is 18.2 Å². The lowest BCUT2D eigenvalue weighted by atomic mass is 10.0. The first-order chi connectivity index (χ1) is 8.84. The van der Waals surface area contributed by atoms with Crippen LogP contribution in [-0.4, -0.2) is 18.3 Å². The van der Waals surface area contributed by atoms with Gasteiger partial charge in [0.25, 0.3) is 0 Å². The van der Waals surface area contributed by atoms with Crippen molar-refractivity contribution in [2.45, 2.75) is 12.5 Å². The molecule has 2 aromatic rings. The number of fused-ring (bicyclic) bond motifs is 1. The number of benzene rings is 1. The number of aliphatic hydroxyl groups excluding tert-OH is 1. The standard InChI is InChI=1S/C14H14O4/c15-14(11-4-7-16-9-11)10-2-3-12-13(8-10)18-6-1-5-17-12/h2-4,7-9,14-15H,1,5-6H2. The zero-order valence-electron chi connectivity index (χ0n) is 9.83. The molecule has 0 fully saturated rings. The van der Waals surface area contributed by atoms with Crippen molar-refractivity contribution in [3.8, 4) is 11.5 Å². The highest BCUT2D eigenvalue weighted by atomic mass is 16.5. The third-order valence-corrected chi connectivity index (χ3v) is 2.95. The smallest absolute Gasteiger partial charge is 0.161 e. The molecule has 1 N–H and O–H groups in total. The van der Waals surface area contributed by atoms with Crippen LogP contribution < -0.4 is 9.47 Å². The minimum Gasteiger partial charge on any atom is -0.490 e. The summed E-state index contributed by atoms with van der Waals surface area (Å²) in [5.74, 6) is 1.42. The van der Waals surface area contributed by atoms with Gasteiger partial charge in [0, 0.05) is 12.0 Å². The van der Waals surface area contributed by atoms with Crippen molar-refractivity contribution < 1.29 is 19.0 Å². The van der Waals surface area contributed by atoms with E-state index in [0.717, 1.165) is 23.3 Å². The van der Waals surface area contributed by atoms with Crippen LogP contribution in [0.4, 0.5) is 0 Å². The fraction of sp³-hybridized carbons (Fsp3) is 0.286. The van der Waals surface area contributed by atoms with Crippen LogP contribution >= 0.6 is 0 Å². The Morgan fingerprint density at radius 1 is 1.00 bits per heavy atom. The van der Waals surface area contributed by atoms with Crippen LogP contribution in [0.15, 0.2) is 41.2 Å². The van der Waals surface area contributed by atoms with Gasteiger partial charge in [0.15, 0.2) is 11.5 Å². The number of hydrogen-bond acceptors (Lipinski definition) is 4. The van der Waals surface area contributed by atoms with Gasteiger partial charge in [0.05, 0.1) is 25.7 Å². The van der Waals surface area contributed by atoms with Crippen molar-refractivity contribution >= 4 is 0 Å². The van der Waals surface area contributed by atoms with E-state index in [1.165, 1.54) is 6.26 Å². The lowest BCUT2D eigenvalue weighted by molar-refractivity contribution is 0.218. The molecule has 1 unspecified atom stereocenters. The van der Waals surface area contributed by atoms with E-state index in [9.17, 15) is 5.11 Å². The van der Waals surface area contributed by atoms with E-state index < -0.39 is 6.10 Å². The summed E-state index contributed by atoms with van der Waals surface area (Å²) in [5.41, 5.74) is 1.49. The Morgan fingerprint density at radius 3 is 2.61 bits per heavy atom. The predicted molar refractivity (Wildman–Crippen MR) is 64.8 cm³/mol. The number of aliphatic hydroxyl groups is 1. The molecule has 18 heavy (non-hydrogen) atoms. The van der Waals surface area contributed by atoms with Gasteiger partial charge in [-0.1, -0.05) is 6.07 Å². The Kier molecular flexibility index (Phi) is 2.94. The van der Waals surface area contributed by atoms with Gasteiger partial charge in [0.2, 0.25) is 0 Å². The molecule has 0 saturated carbocycles. The first kappa shape index (κ1) is 11.2. The number of furan rings is 1. The van der Waals surface area contributed by atoms with Crippen molar-refractivity contribution in [2.75, 3.05) is 13.2 Å². The molecule has 0 bridgehead atoms. The van der Waals surface area contributed by atoms with Gasteiger partial charge in [0.1, 0.15) is 6.10 Å². The normalized spacial score (nSPS) is 16.1. The molecule has 0 spiro atoms. The molecular formula is C14H14O4. The highest BCUT2D eigenvalue weighted by Gasteiger charge is 2.16. The molecule has 1 aliphatic rings. The Bertz CT molecular complexity index is 519. The maximum atomic E-state index is 10.2. The average molecular weight is 246 g/mol. The van der Waals surface area contributed by atoms with E-state index in [4.69, 9.17) is 13.9 Å². The summed E-state index contributed by atoms with van der Waals surface area (Å²) in [6.07, 6.45) is 3.24. The van der Waals surface area contributed by atoms with Crippen molar-refractivity contribution in [2.24, 2.45) is 0 Å². The molecule has 1 aromatic carbocycles. The Balaban J connectivity index is 1.92. The molecule has 1 aromatic heterocycles. The molecule has 0 amide bonds. The Labute approximate surface area is 105 Å². The van der Waals surface area contributed by atoms with E-state index in [1.54, 1.807) is 12.3 Å². The first-order valence-electron chi connectivity index (χ1n) is 5.94. The predicted octanol–water partition coefficient (Wildman–Crippen LogP) is 2.52. The van der Waals surface area contributed by atoms with Crippen molar-refractivity contribution in [1.29, 1.82) is 0 Å². The average Bonchev–Trinajstić information content (AvgIpc) is 2.83. The van der Waals surface area contributed by atoms with Gasteiger partial charge in [-0.25, -0.2) is 0 Å². The maximum Gasteiger partial charge on any atom is 0.161 e. The Hall–Kier alpha value is -1.94. The fourth-order valence-corrected chi connectivity index (χ4v) is 1.97. The minimum absolute atomic E-state index is 0.637. The molecule has 94 valence electrons. The third-order valence-electron chi connectivity index (χ3n) is 2.95. The van der Waals surface area contributed by atoms with Crippen LogP contribution in [0, 0.1) is 0 Å². The molecule has 1 atom stereocenters. The summed E-state index contributed by atoms with van der Waals surface area (Å²) in [6, 6.07) is 7.23. The highest BCUT2D eigenvalue weighted by molar-refractivity contribution is 5.45. The molecular weight excluding hydrogens is 232 g/mol. The molecule has 0 aliphatic carbocycles. The van der Waals surface area contributed by atoms with Crippen molar-refractivity contribution in [3.05, 3.63) is 47.9 Å². The zero-order valence-corrected chi connectivity index (χ0v) is 9.83. The number of rotatable bonds is 2. The second-order valence-corrected chi connectivity index (χ2v) is 4.22. The second kappa shape index (κ2) is 4.74. The van der Waals surface area contributed by atoms with E-state index in [-0.39, 0.29) is 0 Å². The Morgan fingerprint density at radius 2 is 1.83 bits per heavy atom. The molecule has 4 heteroatoms. The summed E-state index contributed by atoms with van der Waals surface area (Å²) < 4.78 is 16.1. The molecule has 3 rings (SSSR count). The molecule has 4 nitrogen and oxygen atoms in total. The molecule has 0 saturated heterocycles. The molecule has 2 heterocycles. The highest BCUT2D eigenvalue weighted by Crippen LogP contribution is 2.33. The van der Waals surface area contributed by atoms with E-state index >= 15 is 0 Å². The summed E-state index contributed by atoms with van der Waals surface area (Å²) in [4.78, 5) is 0. The van der Waals surface area contributed by atoms with E-state index in [0.29, 0.717) is 19.0 Å². The molecule has 0 radical (unpaired) electrons. The van der Waals surface area contributed by atoms with Crippen molar-refractivity contribution in [1.82, 2.24) is 0 Å². The van der Waals surface area contributed by atoms with E-state index in [2.05, 4.69) is 0 Å². The number of hydrogen-bond donors (Lipinski definition) is 1. The maximum absolute atomic E-state index is 10.2. The summed E-state index contributed by atoms with van der Waals surface area (Å²) in [6.45, 7) is 1.30. The first-order valence-corrected chi connectivity index (χ1v) is 5.94. The van der Waals surface area contributed by atoms with Gasteiger partial charge < -0.3 is 19.0 Å². The lowest BCUT2D eigenvalue weighted by Crippen LogP contribution is -1.99. The summed E-state index contributed by atoms with van der Waals surface area (Å²) in [7, 11) is 0. The molecule has 1 aliphatic heterocycles. The van der Waals surface area contributed by atoms with Crippen LogP contribution in [-0.2, 0) is 0 Å². The SMILES string of the molecule is OC(c1ccoc1)c1ccc2c(c1)OCCCO2. The summed E-state index contributed by atoms with van der Waals surface area (Å²) >= 11 is 0. The van der Waals surface area contributed by atoms with Crippen LogP contribution in [0.5, 0.6) is 11.5 Å². The second-order valence-electron chi connectivity index (χ2n) is 4.22. The lowest BCUT2D eigenvalue weighted by Gasteiger charge is -2.12. The fourth-order valence-electron chi connectivity index (χ4n) is 1.97. The van der Waals surface area contributed by atoms with Crippen molar-refractivity contribution in [3.63, 3.8) is 0 Å². The van der Waals surface area contributed by atoms with Crippen LogP contribution in [0.3, 0.4) is 0 Å². The van der Waals surface area contributed by atoms with Gasteiger partial charge in [-0.3, -0.25) is 0 Å². The zero-order chi connectivity index (χ0) is 12.4. The van der Waals surface area contributed by atoms with Gasteiger partial charge in [-0.05, 0) is 23.8 Å². The largest absolute Gasteiger partial charge is 0.490 e. The van der Waals surface area contributed by atoms with Gasteiger partial charge in [-0.15, -0.1) is 0 Å². The van der Waals surface area contributed by atoms with Crippen LogP contribution in [0.2, 0.25) is 0 Å². The third kappa shape index (κ3) is 2.07.